The molecular formula is C18H25N3O3S. The number of benzene rings is 1. The lowest BCUT2D eigenvalue weighted by atomic mass is 9.96. The first-order chi connectivity index (χ1) is 12.2. The Balaban J connectivity index is 1.82. The second-order valence-corrected chi connectivity index (χ2v) is 7.61. The lowest BCUT2D eigenvalue weighted by Gasteiger charge is -2.30. The van der Waals surface area contributed by atoms with E-state index in [0.29, 0.717) is 17.5 Å². The van der Waals surface area contributed by atoms with Crippen LogP contribution < -0.4 is 4.74 Å². The number of non-ortho nitro benzene ring substituents is 1. The molecule has 0 radical (unpaired) electrons. The molecule has 1 heterocycles. The highest BCUT2D eigenvalue weighted by Gasteiger charge is 2.27. The van der Waals surface area contributed by atoms with Crippen LogP contribution in [0.1, 0.15) is 44.9 Å². The summed E-state index contributed by atoms with van der Waals surface area (Å²) in [5.41, 5.74) is 0.685. The van der Waals surface area contributed by atoms with Gasteiger partial charge in [-0.3, -0.25) is 10.1 Å². The van der Waals surface area contributed by atoms with E-state index in [-0.39, 0.29) is 5.69 Å². The Labute approximate surface area is 152 Å². The first-order valence-corrected chi connectivity index (χ1v) is 9.98. The van der Waals surface area contributed by atoms with Crippen LogP contribution >= 0.6 is 11.8 Å². The summed E-state index contributed by atoms with van der Waals surface area (Å²) in [6, 6.07) is 5.18. The van der Waals surface area contributed by atoms with Crippen molar-refractivity contribution in [3.63, 3.8) is 0 Å². The second-order valence-electron chi connectivity index (χ2n) is 6.55. The highest BCUT2D eigenvalue weighted by Crippen LogP contribution is 2.35. The van der Waals surface area contributed by atoms with E-state index >= 15 is 0 Å². The van der Waals surface area contributed by atoms with Gasteiger partial charge in [-0.15, -0.1) is 0 Å². The number of thioether (sulfide) groups is 1. The topological polar surface area (TPSA) is 68.0 Å². The van der Waals surface area contributed by atoms with Crippen LogP contribution in [0.3, 0.4) is 0 Å². The van der Waals surface area contributed by atoms with Crippen molar-refractivity contribution in [1.82, 2.24) is 4.90 Å². The molecule has 0 N–H and O–H groups in total. The molecule has 6 nitrogen and oxygen atoms in total. The van der Waals surface area contributed by atoms with Gasteiger partial charge < -0.3 is 9.64 Å². The van der Waals surface area contributed by atoms with Crippen LogP contribution in [0.2, 0.25) is 0 Å². The minimum absolute atomic E-state index is 0.0248. The zero-order valence-electron chi connectivity index (χ0n) is 14.6. The summed E-state index contributed by atoms with van der Waals surface area (Å²) in [5.74, 6) is 1.50. The highest BCUT2D eigenvalue weighted by molar-refractivity contribution is 8.14. The van der Waals surface area contributed by atoms with Crippen LogP contribution in [-0.4, -0.2) is 40.4 Å². The molecule has 1 aromatic carbocycles. The number of hydrogen-bond acceptors (Lipinski definition) is 5. The summed E-state index contributed by atoms with van der Waals surface area (Å²) in [4.78, 5) is 17.8. The van der Waals surface area contributed by atoms with Gasteiger partial charge in [0.15, 0.2) is 10.9 Å². The Kier molecular flexibility index (Phi) is 6.18. The molecule has 1 saturated carbocycles. The minimum Gasteiger partial charge on any atom is -0.494 e. The Morgan fingerprint density at radius 2 is 1.96 bits per heavy atom. The third kappa shape index (κ3) is 4.45. The first kappa shape index (κ1) is 18.0. The average molecular weight is 363 g/mol. The van der Waals surface area contributed by atoms with Gasteiger partial charge in [-0.05, 0) is 18.9 Å². The predicted molar refractivity (Wildman–Crippen MR) is 102 cm³/mol. The standard InChI is InChI=1S/C18H25N3O3S/c1-24-17-13-15(21(22)23)9-10-16(17)19-18-20(11-12-25-18)14-7-5-3-2-4-6-8-14/h9-10,13-14H,2-8,11-12H2,1H3. The van der Waals surface area contributed by atoms with Crippen molar-refractivity contribution >= 4 is 28.3 Å². The smallest absolute Gasteiger partial charge is 0.273 e. The van der Waals surface area contributed by atoms with Gasteiger partial charge in [-0.1, -0.05) is 43.9 Å². The molecule has 25 heavy (non-hydrogen) atoms. The van der Waals surface area contributed by atoms with Crippen molar-refractivity contribution in [3.05, 3.63) is 28.3 Å². The zero-order chi connectivity index (χ0) is 17.6. The number of amidine groups is 1. The SMILES string of the molecule is COc1cc([N+](=O)[O-])ccc1N=C1SCCN1C1CCCCCCC1. The van der Waals surface area contributed by atoms with E-state index < -0.39 is 4.92 Å². The summed E-state index contributed by atoms with van der Waals surface area (Å²) >= 11 is 1.77. The van der Waals surface area contributed by atoms with E-state index in [4.69, 9.17) is 9.73 Å². The van der Waals surface area contributed by atoms with Crippen molar-refractivity contribution < 1.29 is 9.66 Å². The fraction of sp³-hybridized carbons (Fsp3) is 0.611. The van der Waals surface area contributed by atoms with E-state index in [1.807, 2.05) is 0 Å². The maximum Gasteiger partial charge on any atom is 0.273 e. The molecule has 1 aromatic rings. The van der Waals surface area contributed by atoms with E-state index in [9.17, 15) is 10.1 Å². The van der Waals surface area contributed by atoms with E-state index in [2.05, 4.69) is 4.90 Å². The largest absolute Gasteiger partial charge is 0.494 e. The number of nitrogens with zero attached hydrogens (tertiary/aromatic N) is 3. The lowest BCUT2D eigenvalue weighted by molar-refractivity contribution is -0.384. The summed E-state index contributed by atoms with van der Waals surface area (Å²) in [7, 11) is 1.52. The summed E-state index contributed by atoms with van der Waals surface area (Å²) in [6.45, 7) is 1.03. The van der Waals surface area contributed by atoms with Gasteiger partial charge >= 0.3 is 0 Å². The van der Waals surface area contributed by atoms with Crippen LogP contribution in [0.15, 0.2) is 23.2 Å². The second kappa shape index (κ2) is 8.56. The van der Waals surface area contributed by atoms with Gasteiger partial charge in [0.05, 0.1) is 18.1 Å². The third-order valence-electron chi connectivity index (χ3n) is 4.91. The Bertz CT molecular complexity index is 642. The molecule has 1 aliphatic carbocycles. The molecule has 1 saturated heterocycles. The fourth-order valence-electron chi connectivity index (χ4n) is 3.57. The Morgan fingerprint density at radius 1 is 1.24 bits per heavy atom. The zero-order valence-corrected chi connectivity index (χ0v) is 15.5. The number of hydrogen-bond donors (Lipinski definition) is 0. The molecule has 0 aromatic heterocycles. The van der Waals surface area contributed by atoms with Gasteiger partial charge in [0.2, 0.25) is 0 Å². The summed E-state index contributed by atoms with van der Waals surface area (Å²) in [6.07, 6.45) is 9.08. The molecule has 0 spiro atoms. The molecule has 3 rings (SSSR count). The van der Waals surface area contributed by atoms with E-state index in [0.717, 1.165) is 17.5 Å². The average Bonchev–Trinajstić information content (AvgIpc) is 3.03. The highest BCUT2D eigenvalue weighted by atomic mass is 32.2. The van der Waals surface area contributed by atoms with Crippen LogP contribution in [0.25, 0.3) is 0 Å². The molecule has 1 aliphatic heterocycles. The monoisotopic (exact) mass is 363 g/mol. The van der Waals surface area contributed by atoms with E-state index in [1.165, 1.54) is 64.2 Å². The van der Waals surface area contributed by atoms with E-state index in [1.54, 1.807) is 17.8 Å². The van der Waals surface area contributed by atoms with Gasteiger partial charge in [0, 0.05) is 24.4 Å². The Morgan fingerprint density at radius 3 is 2.64 bits per heavy atom. The molecule has 136 valence electrons. The fourth-order valence-corrected chi connectivity index (χ4v) is 4.61. The van der Waals surface area contributed by atoms with Gasteiger partial charge in [-0.2, -0.15) is 0 Å². The van der Waals surface area contributed by atoms with Crippen molar-refractivity contribution in [3.8, 4) is 5.75 Å². The van der Waals surface area contributed by atoms with Crippen LogP contribution in [0, 0.1) is 10.1 Å². The maximum atomic E-state index is 10.9. The number of methoxy groups -OCH3 is 1. The summed E-state index contributed by atoms with van der Waals surface area (Å²) in [5, 5.41) is 12.0. The number of rotatable bonds is 4. The van der Waals surface area contributed by atoms with Gasteiger partial charge in [-0.25, -0.2) is 4.99 Å². The lowest BCUT2D eigenvalue weighted by Crippen LogP contribution is -2.36. The molecule has 0 amide bonds. The van der Waals surface area contributed by atoms with Crippen molar-refractivity contribution in [2.45, 2.75) is 51.0 Å². The minimum atomic E-state index is -0.412. The Hall–Kier alpha value is -1.76. The number of nitro benzene ring substituents is 1. The predicted octanol–water partition coefficient (Wildman–Crippen LogP) is 4.75. The van der Waals surface area contributed by atoms with Crippen LogP contribution in [0.4, 0.5) is 11.4 Å². The van der Waals surface area contributed by atoms with Crippen LogP contribution in [-0.2, 0) is 0 Å². The molecule has 7 heteroatoms. The first-order valence-electron chi connectivity index (χ1n) is 8.99. The molecular weight excluding hydrogens is 338 g/mol. The molecule has 2 fully saturated rings. The van der Waals surface area contributed by atoms with Crippen molar-refractivity contribution in [2.24, 2.45) is 4.99 Å². The quantitative estimate of drug-likeness (QED) is 0.570. The van der Waals surface area contributed by atoms with Gasteiger partial charge in [0.25, 0.3) is 5.69 Å². The number of ether oxygens (including phenoxy) is 1. The van der Waals surface area contributed by atoms with Crippen molar-refractivity contribution in [1.29, 1.82) is 0 Å². The summed E-state index contributed by atoms with van der Waals surface area (Å²) < 4.78 is 5.32. The van der Waals surface area contributed by atoms with Crippen molar-refractivity contribution in [2.75, 3.05) is 19.4 Å². The van der Waals surface area contributed by atoms with Crippen LogP contribution in [0.5, 0.6) is 5.75 Å². The normalized spacial score (nSPS) is 21.2. The maximum absolute atomic E-state index is 10.9. The number of aliphatic imine (C=N–C) groups is 1. The molecule has 2 aliphatic rings. The number of nitro groups is 1. The van der Waals surface area contributed by atoms with Gasteiger partial charge in [0.1, 0.15) is 5.69 Å². The third-order valence-corrected chi connectivity index (χ3v) is 5.89. The molecule has 0 bridgehead atoms. The molecule has 0 unspecified atom stereocenters. The molecule has 0 atom stereocenters.